The molecule has 2 aliphatic heterocycles. The van der Waals surface area contributed by atoms with E-state index in [9.17, 15) is 0 Å². The van der Waals surface area contributed by atoms with Gasteiger partial charge >= 0.3 is 0 Å². The molecule has 3 nitrogen and oxygen atoms in total. The van der Waals surface area contributed by atoms with Gasteiger partial charge in [0.2, 0.25) is 0 Å². The second-order valence-corrected chi connectivity index (χ2v) is 7.04. The van der Waals surface area contributed by atoms with Crippen molar-refractivity contribution in [3.8, 4) is 0 Å². The molecule has 0 amide bonds. The van der Waals surface area contributed by atoms with Crippen molar-refractivity contribution in [3.63, 3.8) is 0 Å². The lowest BCUT2D eigenvalue weighted by Crippen LogP contribution is -2.43. The van der Waals surface area contributed by atoms with Gasteiger partial charge in [0.25, 0.3) is 0 Å². The zero-order chi connectivity index (χ0) is 13.2. The minimum Gasteiger partial charge on any atom is -0.382 e. The minimum atomic E-state index is 0.315. The van der Waals surface area contributed by atoms with Crippen LogP contribution in [0.1, 0.15) is 29.0 Å². The van der Waals surface area contributed by atoms with Gasteiger partial charge in [-0.05, 0) is 38.3 Å². The van der Waals surface area contributed by atoms with Crippen LogP contribution in [0.2, 0.25) is 0 Å². The maximum absolute atomic E-state index is 6.16. The number of hydrogen-bond acceptors (Lipinski definition) is 4. The molecule has 1 aromatic heterocycles. The first-order valence-electron chi connectivity index (χ1n) is 7.20. The summed E-state index contributed by atoms with van der Waals surface area (Å²) in [6, 6.07) is 5.11. The van der Waals surface area contributed by atoms with Crippen molar-refractivity contribution in [2.45, 2.75) is 51.0 Å². The molecule has 0 bridgehead atoms. The van der Waals surface area contributed by atoms with E-state index in [-0.39, 0.29) is 0 Å². The van der Waals surface area contributed by atoms with Crippen molar-refractivity contribution in [2.24, 2.45) is 0 Å². The number of rotatable bonds is 4. The molecular weight excluding hydrogens is 258 g/mol. The molecular formula is C15H23NO2S. The molecule has 106 valence electrons. The molecule has 0 aliphatic carbocycles. The summed E-state index contributed by atoms with van der Waals surface area (Å²) in [6.07, 6.45) is 4.30. The molecule has 0 saturated carbocycles. The van der Waals surface area contributed by atoms with Crippen LogP contribution in [0.25, 0.3) is 0 Å². The Morgan fingerprint density at radius 1 is 1.37 bits per heavy atom. The summed E-state index contributed by atoms with van der Waals surface area (Å²) in [7, 11) is 1.76. The molecule has 2 aliphatic rings. The zero-order valence-corrected chi connectivity index (χ0v) is 12.6. The summed E-state index contributed by atoms with van der Waals surface area (Å²) >= 11 is 1.92. The first-order valence-corrected chi connectivity index (χ1v) is 8.01. The smallest absolute Gasteiger partial charge is 0.0813 e. The number of aryl methyl sites for hydroxylation is 1. The average molecular weight is 281 g/mol. The van der Waals surface area contributed by atoms with Gasteiger partial charge in [0.1, 0.15) is 0 Å². The highest BCUT2D eigenvalue weighted by Gasteiger charge is 2.39. The molecule has 3 heterocycles. The van der Waals surface area contributed by atoms with E-state index in [2.05, 4.69) is 24.0 Å². The molecule has 4 heteroatoms. The van der Waals surface area contributed by atoms with Gasteiger partial charge in [0.05, 0.1) is 18.8 Å². The van der Waals surface area contributed by atoms with Gasteiger partial charge in [0.15, 0.2) is 0 Å². The van der Waals surface area contributed by atoms with E-state index in [0.29, 0.717) is 18.2 Å². The molecule has 0 spiro atoms. The van der Waals surface area contributed by atoms with E-state index in [1.54, 1.807) is 7.11 Å². The normalized spacial score (nSPS) is 31.6. The van der Waals surface area contributed by atoms with Crippen LogP contribution in [0, 0.1) is 6.92 Å². The Morgan fingerprint density at radius 3 is 3.00 bits per heavy atom. The third kappa shape index (κ3) is 3.02. The number of hydrogen-bond donors (Lipinski definition) is 0. The monoisotopic (exact) mass is 281 g/mol. The van der Waals surface area contributed by atoms with Crippen LogP contribution in [-0.4, -0.2) is 43.4 Å². The Labute approximate surface area is 119 Å². The highest BCUT2D eigenvalue weighted by molar-refractivity contribution is 7.11. The van der Waals surface area contributed by atoms with Crippen molar-refractivity contribution in [1.82, 2.24) is 4.90 Å². The molecule has 2 saturated heterocycles. The summed E-state index contributed by atoms with van der Waals surface area (Å²) in [5, 5.41) is 0. The van der Waals surface area contributed by atoms with Crippen LogP contribution in [0.4, 0.5) is 0 Å². The molecule has 0 aromatic carbocycles. The number of ether oxygens (including phenoxy) is 2. The fourth-order valence-electron chi connectivity index (χ4n) is 3.36. The highest BCUT2D eigenvalue weighted by Crippen LogP contribution is 2.33. The quantitative estimate of drug-likeness (QED) is 0.847. The van der Waals surface area contributed by atoms with E-state index in [4.69, 9.17) is 9.47 Å². The predicted molar refractivity (Wildman–Crippen MR) is 77.6 cm³/mol. The fraction of sp³-hybridized carbons (Fsp3) is 0.733. The summed E-state index contributed by atoms with van der Waals surface area (Å²) in [5.41, 5.74) is 0. The van der Waals surface area contributed by atoms with Gasteiger partial charge in [-0.1, -0.05) is 0 Å². The SMILES string of the molecule is COC[C@H]1CC[C@H]2[C@H](CCN2Cc2ccc(C)s2)O1. The van der Waals surface area contributed by atoms with Crippen molar-refractivity contribution in [3.05, 3.63) is 21.9 Å². The van der Waals surface area contributed by atoms with Gasteiger partial charge in [0, 0.05) is 36.0 Å². The Morgan fingerprint density at radius 2 is 2.26 bits per heavy atom. The van der Waals surface area contributed by atoms with Crippen LogP contribution >= 0.6 is 11.3 Å². The van der Waals surface area contributed by atoms with Crippen molar-refractivity contribution in [2.75, 3.05) is 20.3 Å². The molecule has 3 rings (SSSR count). The van der Waals surface area contributed by atoms with Crippen molar-refractivity contribution < 1.29 is 9.47 Å². The first kappa shape index (κ1) is 13.6. The van der Waals surface area contributed by atoms with Crippen LogP contribution < -0.4 is 0 Å². The molecule has 0 unspecified atom stereocenters. The Kier molecular flexibility index (Phi) is 4.22. The van der Waals surface area contributed by atoms with E-state index in [1.807, 2.05) is 11.3 Å². The predicted octanol–water partition coefficient (Wildman–Crippen LogP) is 2.82. The molecule has 1 aromatic rings. The lowest BCUT2D eigenvalue weighted by Gasteiger charge is -2.35. The highest BCUT2D eigenvalue weighted by atomic mass is 32.1. The van der Waals surface area contributed by atoms with Gasteiger partial charge in [-0.3, -0.25) is 4.90 Å². The van der Waals surface area contributed by atoms with E-state index < -0.39 is 0 Å². The topological polar surface area (TPSA) is 21.7 Å². The standard InChI is InChI=1S/C15H23NO2S/c1-11-3-5-13(19-11)9-16-8-7-15-14(16)6-4-12(18-15)10-17-2/h3,5,12,14-15H,4,6-10H2,1-2H3/t12-,14+,15+/m1/s1. The minimum absolute atomic E-state index is 0.315. The number of methoxy groups -OCH3 is 1. The third-order valence-electron chi connectivity index (χ3n) is 4.26. The number of likely N-dealkylation sites (tertiary alicyclic amines) is 1. The van der Waals surface area contributed by atoms with Crippen LogP contribution in [0.5, 0.6) is 0 Å². The maximum Gasteiger partial charge on any atom is 0.0813 e. The third-order valence-corrected chi connectivity index (χ3v) is 5.24. The van der Waals surface area contributed by atoms with Crippen molar-refractivity contribution >= 4 is 11.3 Å². The van der Waals surface area contributed by atoms with Gasteiger partial charge in [-0.25, -0.2) is 0 Å². The molecule has 19 heavy (non-hydrogen) atoms. The van der Waals surface area contributed by atoms with Gasteiger partial charge in [-0.2, -0.15) is 0 Å². The van der Waals surface area contributed by atoms with Crippen LogP contribution in [0.15, 0.2) is 12.1 Å². The summed E-state index contributed by atoms with van der Waals surface area (Å²) in [4.78, 5) is 5.50. The second-order valence-electron chi connectivity index (χ2n) is 5.67. The summed E-state index contributed by atoms with van der Waals surface area (Å²) in [6.45, 7) is 5.19. The zero-order valence-electron chi connectivity index (χ0n) is 11.8. The molecule has 3 atom stereocenters. The van der Waals surface area contributed by atoms with E-state index in [0.717, 1.165) is 19.6 Å². The summed E-state index contributed by atoms with van der Waals surface area (Å²) < 4.78 is 11.4. The fourth-order valence-corrected chi connectivity index (χ4v) is 4.28. The van der Waals surface area contributed by atoms with E-state index in [1.165, 1.54) is 29.1 Å². The van der Waals surface area contributed by atoms with Crippen LogP contribution in [-0.2, 0) is 16.0 Å². The summed E-state index contributed by atoms with van der Waals surface area (Å²) in [5.74, 6) is 0. The first-order chi connectivity index (χ1) is 9.26. The van der Waals surface area contributed by atoms with Gasteiger partial charge in [-0.15, -0.1) is 11.3 Å². The Balaban J connectivity index is 1.58. The average Bonchev–Trinajstić information content (AvgIpc) is 2.97. The van der Waals surface area contributed by atoms with Crippen LogP contribution in [0.3, 0.4) is 0 Å². The lowest BCUT2D eigenvalue weighted by atomic mass is 9.99. The largest absolute Gasteiger partial charge is 0.382 e. The Bertz CT molecular complexity index is 420. The molecule has 0 radical (unpaired) electrons. The molecule has 0 N–H and O–H groups in total. The Hall–Kier alpha value is -0.420. The van der Waals surface area contributed by atoms with E-state index >= 15 is 0 Å². The lowest BCUT2D eigenvalue weighted by molar-refractivity contribution is -0.0938. The second kappa shape index (κ2) is 5.92. The molecule has 2 fully saturated rings. The number of thiophene rings is 1. The van der Waals surface area contributed by atoms with Crippen molar-refractivity contribution in [1.29, 1.82) is 0 Å². The number of fused-ring (bicyclic) bond motifs is 1. The van der Waals surface area contributed by atoms with Gasteiger partial charge < -0.3 is 9.47 Å². The maximum atomic E-state index is 6.16. The number of nitrogens with zero attached hydrogens (tertiary/aromatic N) is 1.